The van der Waals surface area contributed by atoms with E-state index in [9.17, 15) is 9.59 Å². The number of nitrogens with zero attached hydrogens (tertiary/aromatic N) is 3. The van der Waals surface area contributed by atoms with Crippen molar-refractivity contribution in [3.05, 3.63) is 44.9 Å². The van der Waals surface area contributed by atoms with Crippen LogP contribution in [0.1, 0.15) is 25.7 Å². The Bertz CT molecular complexity index is 641. The van der Waals surface area contributed by atoms with E-state index in [-0.39, 0.29) is 15.4 Å². The van der Waals surface area contributed by atoms with Crippen LogP contribution in [0, 0.1) is 0 Å². The standard InChI is InChI=1S/C12H11ClN4O2S/c1-17(11(19)10-15-16-12(13)20-10)6-7-2-4-8(5-3-7)9(14)18/h2-5H,6H2,1H3,(H2,14,18). The molecule has 0 unspecified atom stereocenters. The average Bonchev–Trinajstić information content (AvgIpc) is 2.85. The van der Waals surface area contributed by atoms with Gasteiger partial charge in [0.1, 0.15) is 0 Å². The van der Waals surface area contributed by atoms with Gasteiger partial charge in [-0.25, -0.2) is 0 Å². The molecule has 2 aromatic rings. The van der Waals surface area contributed by atoms with Crippen molar-refractivity contribution in [3.63, 3.8) is 0 Å². The van der Waals surface area contributed by atoms with Gasteiger partial charge in [-0.15, -0.1) is 10.2 Å². The van der Waals surface area contributed by atoms with Crippen molar-refractivity contribution in [2.24, 2.45) is 5.73 Å². The minimum atomic E-state index is -0.482. The lowest BCUT2D eigenvalue weighted by molar-refractivity contribution is 0.0783. The van der Waals surface area contributed by atoms with Crippen LogP contribution in [0.3, 0.4) is 0 Å². The van der Waals surface area contributed by atoms with Gasteiger partial charge < -0.3 is 10.6 Å². The van der Waals surface area contributed by atoms with Crippen LogP contribution in [0.15, 0.2) is 24.3 Å². The molecule has 0 aliphatic rings. The van der Waals surface area contributed by atoms with Gasteiger partial charge in [0.25, 0.3) is 5.91 Å². The molecule has 20 heavy (non-hydrogen) atoms. The van der Waals surface area contributed by atoms with E-state index in [1.807, 2.05) is 0 Å². The average molecular weight is 311 g/mol. The molecule has 0 aliphatic carbocycles. The lowest BCUT2D eigenvalue weighted by Gasteiger charge is -2.15. The lowest BCUT2D eigenvalue weighted by Crippen LogP contribution is -2.26. The van der Waals surface area contributed by atoms with E-state index in [0.717, 1.165) is 16.9 Å². The molecular weight excluding hydrogens is 300 g/mol. The zero-order chi connectivity index (χ0) is 14.7. The van der Waals surface area contributed by atoms with Crippen molar-refractivity contribution in [3.8, 4) is 0 Å². The van der Waals surface area contributed by atoms with E-state index in [2.05, 4.69) is 10.2 Å². The smallest absolute Gasteiger partial charge is 0.284 e. The van der Waals surface area contributed by atoms with E-state index in [0.29, 0.717) is 12.1 Å². The number of carbonyl (C=O) groups is 2. The zero-order valence-corrected chi connectivity index (χ0v) is 12.1. The highest BCUT2D eigenvalue weighted by atomic mass is 35.5. The summed E-state index contributed by atoms with van der Waals surface area (Å²) in [4.78, 5) is 24.5. The highest BCUT2D eigenvalue weighted by molar-refractivity contribution is 7.17. The van der Waals surface area contributed by atoms with Crippen LogP contribution >= 0.6 is 22.9 Å². The van der Waals surface area contributed by atoms with Crippen LogP contribution in [0.25, 0.3) is 0 Å². The summed E-state index contributed by atoms with van der Waals surface area (Å²) in [7, 11) is 1.65. The molecule has 6 nitrogen and oxygen atoms in total. The summed E-state index contributed by atoms with van der Waals surface area (Å²) in [5, 5.41) is 7.54. The van der Waals surface area contributed by atoms with Gasteiger partial charge in [0, 0.05) is 19.2 Å². The molecule has 0 bridgehead atoms. The largest absolute Gasteiger partial charge is 0.366 e. The van der Waals surface area contributed by atoms with Crippen LogP contribution in [-0.2, 0) is 6.54 Å². The summed E-state index contributed by atoms with van der Waals surface area (Å²) >= 11 is 6.68. The molecule has 0 fully saturated rings. The van der Waals surface area contributed by atoms with Crippen molar-refractivity contribution < 1.29 is 9.59 Å². The molecule has 1 aromatic carbocycles. The minimum Gasteiger partial charge on any atom is -0.366 e. The third-order valence-corrected chi connectivity index (χ3v) is 3.59. The van der Waals surface area contributed by atoms with Gasteiger partial charge in [0.05, 0.1) is 0 Å². The molecule has 8 heteroatoms. The first-order valence-corrected chi connectivity index (χ1v) is 6.80. The number of primary amides is 1. The molecule has 0 atom stereocenters. The number of halogens is 1. The first kappa shape index (κ1) is 14.4. The molecule has 104 valence electrons. The predicted octanol–water partition coefficient (Wildman–Crippen LogP) is 1.56. The van der Waals surface area contributed by atoms with Crippen molar-refractivity contribution in [1.29, 1.82) is 0 Å². The number of hydrogen-bond donors (Lipinski definition) is 1. The maximum Gasteiger partial charge on any atom is 0.284 e. The Morgan fingerprint density at radius 2 is 1.95 bits per heavy atom. The molecule has 1 aromatic heterocycles. The number of aromatic nitrogens is 2. The van der Waals surface area contributed by atoms with E-state index < -0.39 is 5.91 Å². The van der Waals surface area contributed by atoms with Gasteiger partial charge in [-0.05, 0) is 29.3 Å². The van der Waals surface area contributed by atoms with Gasteiger partial charge in [0.2, 0.25) is 15.4 Å². The molecule has 0 radical (unpaired) electrons. The SMILES string of the molecule is CN(Cc1ccc(C(N)=O)cc1)C(=O)c1nnc(Cl)s1. The lowest BCUT2D eigenvalue weighted by atomic mass is 10.1. The van der Waals surface area contributed by atoms with E-state index in [1.54, 1.807) is 31.3 Å². The van der Waals surface area contributed by atoms with E-state index in [4.69, 9.17) is 17.3 Å². The first-order valence-electron chi connectivity index (χ1n) is 5.60. The number of carbonyl (C=O) groups excluding carboxylic acids is 2. The second-order valence-electron chi connectivity index (χ2n) is 4.08. The number of nitrogens with two attached hydrogens (primary N) is 1. The predicted molar refractivity (Wildman–Crippen MR) is 75.7 cm³/mol. The van der Waals surface area contributed by atoms with Crippen molar-refractivity contribution in [2.45, 2.75) is 6.54 Å². The van der Waals surface area contributed by atoms with Gasteiger partial charge in [-0.1, -0.05) is 23.5 Å². The molecule has 0 saturated heterocycles. The van der Waals surface area contributed by atoms with Gasteiger partial charge in [0.15, 0.2) is 0 Å². The summed E-state index contributed by atoms with van der Waals surface area (Å²) in [5.41, 5.74) is 6.47. The maximum atomic E-state index is 12.0. The Balaban J connectivity index is 2.05. The summed E-state index contributed by atoms with van der Waals surface area (Å²) in [5.74, 6) is -0.738. The summed E-state index contributed by atoms with van der Waals surface area (Å²) < 4.78 is 0.229. The molecule has 0 saturated carbocycles. The highest BCUT2D eigenvalue weighted by Crippen LogP contribution is 2.17. The Morgan fingerprint density at radius 3 is 2.45 bits per heavy atom. The normalized spacial score (nSPS) is 10.3. The highest BCUT2D eigenvalue weighted by Gasteiger charge is 2.17. The number of benzene rings is 1. The third-order valence-electron chi connectivity index (χ3n) is 2.59. The summed E-state index contributed by atoms with van der Waals surface area (Å²) in [6.45, 7) is 0.384. The topological polar surface area (TPSA) is 89.2 Å². The number of hydrogen-bond acceptors (Lipinski definition) is 5. The monoisotopic (exact) mass is 310 g/mol. The minimum absolute atomic E-state index is 0.229. The van der Waals surface area contributed by atoms with E-state index in [1.165, 1.54) is 4.90 Å². The van der Waals surface area contributed by atoms with Crippen molar-refractivity contribution in [1.82, 2.24) is 15.1 Å². The maximum absolute atomic E-state index is 12.0. The second-order valence-corrected chi connectivity index (χ2v) is 5.64. The van der Waals surface area contributed by atoms with Crippen LogP contribution in [0.4, 0.5) is 0 Å². The molecule has 2 rings (SSSR count). The third kappa shape index (κ3) is 3.31. The summed E-state index contributed by atoms with van der Waals surface area (Å²) in [6, 6.07) is 6.74. The fourth-order valence-electron chi connectivity index (χ4n) is 1.58. The van der Waals surface area contributed by atoms with Crippen molar-refractivity contribution >= 4 is 34.8 Å². The molecule has 0 spiro atoms. The molecule has 1 heterocycles. The van der Waals surface area contributed by atoms with Crippen LogP contribution < -0.4 is 5.73 Å². The Kier molecular flexibility index (Phi) is 4.31. The van der Waals surface area contributed by atoms with Gasteiger partial charge in [-0.2, -0.15) is 0 Å². The quantitative estimate of drug-likeness (QED) is 0.928. The number of amides is 2. The second kappa shape index (κ2) is 5.98. The molecular formula is C12H11ClN4O2S. The molecule has 2 N–H and O–H groups in total. The zero-order valence-electron chi connectivity index (χ0n) is 10.5. The Labute approximate surface area is 124 Å². The van der Waals surface area contributed by atoms with Crippen molar-refractivity contribution in [2.75, 3.05) is 7.05 Å². The fraction of sp³-hybridized carbons (Fsp3) is 0.167. The molecule has 0 aliphatic heterocycles. The summed E-state index contributed by atoms with van der Waals surface area (Å²) in [6.07, 6.45) is 0. The number of rotatable bonds is 4. The fourth-order valence-corrected chi connectivity index (χ4v) is 2.40. The van der Waals surface area contributed by atoms with Crippen LogP contribution in [0.5, 0.6) is 0 Å². The van der Waals surface area contributed by atoms with E-state index >= 15 is 0 Å². The van der Waals surface area contributed by atoms with Crippen LogP contribution in [0.2, 0.25) is 4.47 Å². The van der Waals surface area contributed by atoms with Gasteiger partial charge >= 0.3 is 0 Å². The Morgan fingerprint density at radius 1 is 1.30 bits per heavy atom. The first-order chi connectivity index (χ1) is 9.47. The molecule has 2 amide bonds. The van der Waals surface area contributed by atoms with Crippen LogP contribution in [-0.4, -0.2) is 34.0 Å². The Hall–Kier alpha value is -1.99. The van der Waals surface area contributed by atoms with Gasteiger partial charge in [-0.3, -0.25) is 9.59 Å².